The van der Waals surface area contributed by atoms with E-state index in [1.54, 1.807) is 0 Å². The topological polar surface area (TPSA) is 71.5 Å². The fourth-order valence-electron chi connectivity index (χ4n) is 7.02. The number of aromatic amines is 1. The van der Waals surface area contributed by atoms with E-state index in [1.807, 2.05) is 71.4 Å². The third kappa shape index (κ3) is 5.72. The molecule has 6 heteroatoms. The van der Waals surface area contributed by atoms with Crippen molar-refractivity contribution in [2.75, 3.05) is 0 Å². The van der Waals surface area contributed by atoms with Crippen LogP contribution in [0.5, 0.6) is 0 Å². The van der Waals surface area contributed by atoms with Gasteiger partial charge in [0.1, 0.15) is 16.8 Å². The van der Waals surface area contributed by atoms with Gasteiger partial charge in [0.05, 0.1) is 11.1 Å². The Bertz CT molecular complexity index is 2880. The summed E-state index contributed by atoms with van der Waals surface area (Å²) in [5.74, 6) is 2.17. The van der Waals surface area contributed by atoms with Gasteiger partial charge in [0.25, 0.3) is 5.82 Å². The fraction of sp³-hybridized carbons (Fsp3) is 0. The smallest absolute Gasteiger partial charge is 0.356 e. The van der Waals surface area contributed by atoms with Crippen LogP contribution in [-0.2, 0) is 0 Å². The number of H-pyrrole nitrogens is 1. The maximum atomic E-state index is 6.69. The van der Waals surface area contributed by atoms with Gasteiger partial charge in [0.15, 0.2) is 17.1 Å². The molecule has 6 nitrogen and oxygen atoms in total. The Balaban J connectivity index is 1.09. The molecule has 7 aromatic carbocycles. The number of hydrogen-bond acceptors (Lipinski definition) is 4. The van der Waals surface area contributed by atoms with E-state index in [-0.39, 0.29) is 0 Å². The number of benzene rings is 7. The minimum Gasteiger partial charge on any atom is -0.452 e. The molecule has 0 unspecified atom stereocenters. The Morgan fingerprint density at radius 1 is 0.426 bits per heavy atom. The average molecular weight is 695 g/mol. The van der Waals surface area contributed by atoms with Crippen molar-refractivity contribution >= 4 is 22.1 Å². The van der Waals surface area contributed by atoms with E-state index in [2.05, 4.69) is 126 Å². The predicted octanol–water partition coefficient (Wildman–Crippen LogP) is 11.4. The highest BCUT2D eigenvalue weighted by Gasteiger charge is 2.26. The average Bonchev–Trinajstić information content (AvgIpc) is 3.87. The highest BCUT2D eigenvalue weighted by atomic mass is 16.3. The fourth-order valence-corrected chi connectivity index (χ4v) is 7.02. The molecule has 10 aromatic rings. The van der Waals surface area contributed by atoms with E-state index in [1.165, 1.54) is 5.56 Å². The van der Waals surface area contributed by atoms with E-state index in [9.17, 15) is 0 Å². The summed E-state index contributed by atoms with van der Waals surface area (Å²) in [6.45, 7) is 0. The summed E-state index contributed by atoms with van der Waals surface area (Å²) >= 11 is 0. The first-order valence-electron chi connectivity index (χ1n) is 17.9. The number of hydrogen-bond donors (Lipinski definition) is 1. The van der Waals surface area contributed by atoms with Gasteiger partial charge in [0.2, 0.25) is 0 Å². The monoisotopic (exact) mass is 694 g/mol. The molecule has 0 saturated heterocycles. The summed E-state index contributed by atoms with van der Waals surface area (Å²) in [6.07, 6.45) is 0. The minimum atomic E-state index is 0.646. The van der Waals surface area contributed by atoms with E-state index >= 15 is 0 Å². The molecule has 254 valence electrons. The maximum absolute atomic E-state index is 6.69. The lowest BCUT2D eigenvalue weighted by molar-refractivity contribution is -0.644. The molecular formula is C48H32N5O+. The lowest BCUT2D eigenvalue weighted by atomic mass is 10.0. The van der Waals surface area contributed by atoms with E-state index in [4.69, 9.17) is 19.4 Å². The summed E-state index contributed by atoms with van der Waals surface area (Å²) in [6, 6.07) is 64.3. The molecule has 0 fully saturated rings. The van der Waals surface area contributed by atoms with Crippen LogP contribution in [-0.4, -0.2) is 20.1 Å². The number of nitrogens with zero attached hydrogens (tertiary/aromatic N) is 4. The van der Waals surface area contributed by atoms with Gasteiger partial charge in [-0.2, -0.15) is 5.10 Å². The van der Waals surface area contributed by atoms with Crippen molar-refractivity contribution in [3.63, 3.8) is 0 Å². The van der Waals surface area contributed by atoms with Crippen LogP contribution >= 0.6 is 0 Å². The SMILES string of the molecule is c1ccc(-c2ccc(-c3nc(-c4ccccc4)nc4c3oc3cc(-c5nc(-c6ccccc6)[n+](-c6ccc(-c7ccccc7)cc6)[nH]5)ccc34)cc2)cc1. The molecule has 0 spiro atoms. The van der Waals surface area contributed by atoms with Crippen LogP contribution in [0.2, 0.25) is 0 Å². The number of rotatable bonds is 7. The normalized spacial score (nSPS) is 11.3. The molecular weight excluding hydrogens is 663 g/mol. The van der Waals surface area contributed by atoms with Crippen LogP contribution in [0, 0.1) is 0 Å². The van der Waals surface area contributed by atoms with Gasteiger partial charge < -0.3 is 4.42 Å². The number of fused-ring (bicyclic) bond motifs is 3. The second-order valence-electron chi connectivity index (χ2n) is 13.2. The van der Waals surface area contributed by atoms with Crippen LogP contribution in [0.4, 0.5) is 0 Å². The Hall–Kier alpha value is -7.44. The Labute approximate surface area is 311 Å². The van der Waals surface area contributed by atoms with Crippen molar-refractivity contribution in [2.24, 2.45) is 0 Å². The van der Waals surface area contributed by atoms with Crippen LogP contribution in [0.3, 0.4) is 0 Å². The van der Waals surface area contributed by atoms with E-state index < -0.39 is 0 Å². The lowest BCUT2D eigenvalue weighted by Crippen LogP contribution is -2.34. The zero-order valence-corrected chi connectivity index (χ0v) is 29.1. The number of aromatic nitrogens is 5. The van der Waals surface area contributed by atoms with Gasteiger partial charge in [-0.25, -0.2) is 9.97 Å². The van der Waals surface area contributed by atoms with Gasteiger partial charge >= 0.3 is 5.82 Å². The molecule has 1 N–H and O–H groups in total. The summed E-state index contributed by atoms with van der Waals surface area (Å²) in [4.78, 5) is 15.3. The summed E-state index contributed by atoms with van der Waals surface area (Å²) in [5.41, 5.74) is 12.3. The second kappa shape index (κ2) is 13.3. The summed E-state index contributed by atoms with van der Waals surface area (Å²) < 4.78 is 8.73. The largest absolute Gasteiger partial charge is 0.452 e. The van der Waals surface area contributed by atoms with E-state index in [0.717, 1.165) is 72.9 Å². The molecule has 0 atom stereocenters. The molecule has 10 rings (SSSR count). The standard InChI is InChI=1S/C48H31N5O/c1-5-13-32(14-6-1)34-21-23-36(24-22-34)43-45-44(50-46(49-43)37-17-9-3-10-18-37)41-30-27-39(31-42(41)54-45)47-51-48(38-19-11-4-12-20-38)53(52-47)40-28-25-35(26-29-40)33-15-7-2-8-16-33/h1-31H/p+1. The van der Waals surface area contributed by atoms with Gasteiger partial charge in [-0.15, -0.1) is 4.68 Å². The Morgan fingerprint density at radius 3 is 1.54 bits per heavy atom. The third-order valence-electron chi connectivity index (χ3n) is 9.80. The molecule has 0 aliphatic carbocycles. The first-order chi connectivity index (χ1) is 26.7. The van der Waals surface area contributed by atoms with Crippen LogP contribution in [0.1, 0.15) is 0 Å². The van der Waals surface area contributed by atoms with Crippen LogP contribution in [0.25, 0.3) is 95.4 Å². The second-order valence-corrected chi connectivity index (χ2v) is 13.2. The highest BCUT2D eigenvalue weighted by molar-refractivity contribution is 6.08. The number of nitrogens with one attached hydrogen (secondary N) is 1. The van der Waals surface area contributed by atoms with Gasteiger partial charge in [-0.1, -0.05) is 146 Å². The van der Waals surface area contributed by atoms with Crippen molar-refractivity contribution in [1.82, 2.24) is 20.1 Å². The molecule has 0 aliphatic heterocycles. The highest BCUT2D eigenvalue weighted by Crippen LogP contribution is 2.37. The Morgan fingerprint density at radius 2 is 0.926 bits per heavy atom. The maximum Gasteiger partial charge on any atom is 0.356 e. The minimum absolute atomic E-state index is 0.646. The molecule has 54 heavy (non-hydrogen) atoms. The molecule has 0 saturated carbocycles. The molecule has 3 heterocycles. The molecule has 0 radical (unpaired) electrons. The molecule has 0 amide bonds. The van der Waals surface area contributed by atoms with Gasteiger partial charge in [0, 0.05) is 16.5 Å². The zero-order chi connectivity index (χ0) is 35.8. The summed E-state index contributed by atoms with van der Waals surface area (Å²) in [7, 11) is 0. The van der Waals surface area contributed by atoms with Crippen molar-refractivity contribution in [1.29, 1.82) is 0 Å². The zero-order valence-electron chi connectivity index (χ0n) is 29.1. The third-order valence-corrected chi connectivity index (χ3v) is 9.80. The molecule has 0 bridgehead atoms. The van der Waals surface area contributed by atoms with Crippen molar-refractivity contribution in [2.45, 2.75) is 0 Å². The van der Waals surface area contributed by atoms with Crippen molar-refractivity contribution < 1.29 is 9.10 Å². The van der Waals surface area contributed by atoms with Crippen LogP contribution < -0.4 is 4.68 Å². The van der Waals surface area contributed by atoms with Crippen LogP contribution in [0.15, 0.2) is 192 Å². The van der Waals surface area contributed by atoms with E-state index in [0.29, 0.717) is 17.0 Å². The first-order valence-corrected chi connectivity index (χ1v) is 17.9. The molecule has 0 aliphatic rings. The predicted molar refractivity (Wildman–Crippen MR) is 216 cm³/mol. The number of furan rings is 1. The first kappa shape index (κ1) is 31.3. The lowest BCUT2D eigenvalue weighted by Gasteiger charge is -2.07. The summed E-state index contributed by atoms with van der Waals surface area (Å²) in [5, 5.41) is 4.50. The van der Waals surface area contributed by atoms with Crippen molar-refractivity contribution in [3.8, 4) is 73.4 Å². The van der Waals surface area contributed by atoms with Gasteiger partial charge in [-0.3, -0.25) is 0 Å². The van der Waals surface area contributed by atoms with Gasteiger partial charge in [-0.05, 0) is 69.7 Å². The Kier molecular flexibility index (Phi) is 7.69. The quantitative estimate of drug-likeness (QED) is 0.169. The molecule has 3 aromatic heterocycles. The van der Waals surface area contributed by atoms with Crippen molar-refractivity contribution in [3.05, 3.63) is 188 Å².